The Morgan fingerprint density at radius 1 is 1.20 bits per heavy atom. The van der Waals surface area contributed by atoms with Crippen molar-refractivity contribution in [1.29, 1.82) is 0 Å². The van der Waals surface area contributed by atoms with Crippen LogP contribution in [0.4, 0.5) is 0 Å². The Bertz CT molecular complexity index is 154. The Morgan fingerprint density at radius 3 is 2.20 bits per heavy atom. The molecule has 2 unspecified atom stereocenters. The van der Waals surface area contributed by atoms with Crippen molar-refractivity contribution < 1.29 is 9.47 Å². The third kappa shape index (κ3) is 7.31. The van der Waals surface area contributed by atoms with Gasteiger partial charge in [-0.05, 0) is 25.2 Å². The molecule has 0 saturated carbocycles. The summed E-state index contributed by atoms with van der Waals surface area (Å²) in [6.07, 6.45) is 0.189. The van der Waals surface area contributed by atoms with Crippen molar-refractivity contribution in [2.75, 3.05) is 25.2 Å². The third-order valence-corrected chi connectivity index (χ3v) is 3.33. The monoisotopic (exact) mass is 280 g/mol. The number of alkyl halides is 1. The lowest BCUT2D eigenvalue weighted by Gasteiger charge is -2.30. The second-order valence-electron chi connectivity index (χ2n) is 5.02. The lowest BCUT2D eigenvalue weighted by atomic mass is 9.83. The van der Waals surface area contributed by atoms with Gasteiger partial charge in [0.2, 0.25) is 0 Å². The zero-order valence-corrected chi connectivity index (χ0v) is 12.3. The van der Waals surface area contributed by atoms with Crippen LogP contribution in [0.5, 0.6) is 0 Å². The molecule has 0 spiro atoms. The molecule has 2 nitrogen and oxygen atoms in total. The zero-order chi connectivity index (χ0) is 11.9. The van der Waals surface area contributed by atoms with E-state index in [0.717, 1.165) is 18.5 Å². The van der Waals surface area contributed by atoms with Crippen molar-refractivity contribution in [1.82, 2.24) is 0 Å². The van der Waals surface area contributed by atoms with E-state index in [4.69, 9.17) is 9.47 Å². The van der Waals surface area contributed by atoms with Gasteiger partial charge in [-0.3, -0.25) is 0 Å². The van der Waals surface area contributed by atoms with Crippen LogP contribution in [0.2, 0.25) is 0 Å². The molecule has 92 valence electrons. The molecule has 0 heterocycles. The number of rotatable bonds is 7. The van der Waals surface area contributed by atoms with E-state index < -0.39 is 0 Å². The van der Waals surface area contributed by atoms with Gasteiger partial charge in [-0.2, -0.15) is 0 Å². The van der Waals surface area contributed by atoms with Gasteiger partial charge in [0.25, 0.3) is 0 Å². The van der Waals surface area contributed by atoms with Gasteiger partial charge in [0, 0.05) is 11.9 Å². The highest BCUT2D eigenvalue weighted by molar-refractivity contribution is 9.09. The summed E-state index contributed by atoms with van der Waals surface area (Å²) in [7, 11) is 0. The van der Waals surface area contributed by atoms with Gasteiger partial charge < -0.3 is 9.47 Å². The maximum absolute atomic E-state index is 5.77. The molecule has 0 aliphatic carbocycles. The molecule has 0 bridgehead atoms. The normalized spacial score (nSPS) is 16.4. The smallest absolute Gasteiger partial charge is 0.0780 e. The van der Waals surface area contributed by atoms with E-state index in [9.17, 15) is 0 Å². The fraction of sp³-hybridized carbons (Fsp3) is 1.00. The molecule has 0 amide bonds. The van der Waals surface area contributed by atoms with Crippen molar-refractivity contribution in [3.8, 4) is 0 Å². The predicted octanol–water partition coefficient (Wildman–Crippen LogP) is 3.49. The summed E-state index contributed by atoms with van der Waals surface area (Å²) in [5, 5.41) is 0.984. The number of halogens is 1. The number of hydrogen-bond acceptors (Lipinski definition) is 2. The topological polar surface area (TPSA) is 18.5 Å². The molecule has 0 aliphatic heterocycles. The Kier molecular flexibility index (Phi) is 7.84. The second-order valence-corrected chi connectivity index (χ2v) is 5.67. The van der Waals surface area contributed by atoms with Crippen LogP contribution >= 0.6 is 15.9 Å². The molecule has 0 fully saturated rings. The van der Waals surface area contributed by atoms with E-state index in [1.807, 2.05) is 6.92 Å². The molecule has 0 aromatic carbocycles. The van der Waals surface area contributed by atoms with Crippen LogP contribution in [-0.4, -0.2) is 31.3 Å². The van der Waals surface area contributed by atoms with Gasteiger partial charge in [-0.1, -0.05) is 36.7 Å². The Balaban J connectivity index is 3.80. The summed E-state index contributed by atoms with van der Waals surface area (Å²) in [6.45, 7) is 13.0. The highest BCUT2D eigenvalue weighted by Crippen LogP contribution is 2.27. The first-order chi connectivity index (χ1) is 6.91. The number of hydrogen-bond donors (Lipinski definition) is 0. The molecule has 0 N–H and O–H groups in total. The fourth-order valence-corrected chi connectivity index (χ4v) is 2.30. The highest BCUT2D eigenvalue weighted by Gasteiger charge is 2.24. The van der Waals surface area contributed by atoms with Crippen LogP contribution in [0.1, 0.15) is 34.6 Å². The molecule has 0 rings (SSSR count). The van der Waals surface area contributed by atoms with Gasteiger partial charge in [0.15, 0.2) is 0 Å². The largest absolute Gasteiger partial charge is 0.379 e. The molecule has 0 aliphatic rings. The summed E-state index contributed by atoms with van der Waals surface area (Å²) in [5.41, 5.74) is 0.287. The second kappa shape index (κ2) is 7.64. The fourth-order valence-electron chi connectivity index (χ4n) is 1.14. The van der Waals surface area contributed by atoms with Crippen LogP contribution < -0.4 is 0 Å². The molecule has 0 aromatic heterocycles. The quantitative estimate of drug-likeness (QED) is 0.665. The van der Waals surface area contributed by atoms with Crippen molar-refractivity contribution >= 4 is 15.9 Å². The molecular weight excluding hydrogens is 256 g/mol. The molecule has 0 saturated heterocycles. The minimum Gasteiger partial charge on any atom is -0.379 e. The summed E-state index contributed by atoms with van der Waals surface area (Å²) >= 11 is 3.54. The van der Waals surface area contributed by atoms with E-state index in [2.05, 4.69) is 43.6 Å². The SMILES string of the molecule is CCOCC(C)OCC(CBr)C(C)(C)C. The van der Waals surface area contributed by atoms with Gasteiger partial charge in [-0.25, -0.2) is 0 Å². The highest BCUT2D eigenvalue weighted by atomic mass is 79.9. The average Bonchev–Trinajstić information content (AvgIpc) is 2.13. The third-order valence-electron chi connectivity index (χ3n) is 2.55. The van der Waals surface area contributed by atoms with Gasteiger partial charge in [0.05, 0.1) is 19.3 Å². The van der Waals surface area contributed by atoms with Crippen molar-refractivity contribution in [2.45, 2.75) is 40.7 Å². The van der Waals surface area contributed by atoms with Crippen LogP contribution in [-0.2, 0) is 9.47 Å². The lowest BCUT2D eigenvalue weighted by molar-refractivity contribution is -0.0278. The zero-order valence-electron chi connectivity index (χ0n) is 10.7. The van der Waals surface area contributed by atoms with E-state index >= 15 is 0 Å². The maximum atomic E-state index is 5.77. The summed E-state index contributed by atoms with van der Waals surface area (Å²) < 4.78 is 11.1. The number of ether oxygens (including phenoxy) is 2. The summed E-state index contributed by atoms with van der Waals surface area (Å²) in [4.78, 5) is 0. The molecule has 2 atom stereocenters. The van der Waals surface area contributed by atoms with E-state index in [0.29, 0.717) is 12.5 Å². The van der Waals surface area contributed by atoms with E-state index in [1.54, 1.807) is 0 Å². The first kappa shape index (κ1) is 15.4. The molecule has 3 heteroatoms. The van der Waals surface area contributed by atoms with Crippen LogP contribution in [0.15, 0.2) is 0 Å². The van der Waals surface area contributed by atoms with Gasteiger partial charge in [-0.15, -0.1) is 0 Å². The Labute approximate surface area is 103 Å². The van der Waals surface area contributed by atoms with Crippen LogP contribution in [0.25, 0.3) is 0 Å². The Hall–Kier alpha value is 0.400. The van der Waals surface area contributed by atoms with E-state index in [1.165, 1.54) is 0 Å². The first-order valence-corrected chi connectivity index (χ1v) is 6.79. The summed E-state index contributed by atoms with van der Waals surface area (Å²) in [6, 6.07) is 0. The minimum absolute atomic E-state index is 0.189. The molecule has 0 aromatic rings. The van der Waals surface area contributed by atoms with Crippen molar-refractivity contribution in [2.24, 2.45) is 11.3 Å². The standard InChI is InChI=1S/C12H25BrO2/c1-6-14-8-10(2)15-9-11(7-13)12(3,4)5/h10-11H,6-9H2,1-5H3. The van der Waals surface area contributed by atoms with E-state index in [-0.39, 0.29) is 11.5 Å². The van der Waals surface area contributed by atoms with Crippen LogP contribution in [0.3, 0.4) is 0 Å². The van der Waals surface area contributed by atoms with Crippen molar-refractivity contribution in [3.63, 3.8) is 0 Å². The van der Waals surface area contributed by atoms with Crippen LogP contribution in [0, 0.1) is 11.3 Å². The Morgan fingerprint density at radius 2 is 1.80 bits per heavy atom. The van der Waals surface area contributed by atoms with Gasteiger partial charge >= 0.3 is 0 Å². The molecule has 0 radical (unpaired) electrons. The maximum Gasteiger partial charge on any atom is 0.0780 e. The van der Waals surface area contributed by atoms with Crippen molar-refractivity contribution in [3.05, 3.63) is 0 Å². The molecule has 15 heavy (non-hydrogen) atoms. The van der Waals surface area contributed by atoms with Gasteiger partial charge in [0.1, 0.15) is 0 Å². The first-order valence-electron chi connectivity index (χ1n) is 5.67. The predicted molar refractivity (Wildman–Crippen MR) is 68.6 cm³/mol. The minimum atomic E-state index is 0.189. The average molecular weight is 281 g/mol. The lowest BCUT2D eigenvalue weighted by Crippen LogP contribution is -2.29. The summed E-state index contributed by atoms with van der Waals surface area (Å²) in [5.74, 6) is 0.543. The molecular formula is C12H25BrO2.